The maximum Gasteiger partial charge on any atom is 0.387 e. The minimum absolute atomic E-state index is 0.0424. The van der Waals surface area contributed by atoms with Crippen LogP contribution in [-0.4, -0.2) is 17.5 Å². The molecule has 7 heteroatoms. The summed E-state index contributed by atoms with van der Waals surface area (Å²) in [7, 11) is 0. The number of benzene rings is 2. The number of carbonyl (C=O) groups excluding carboxylic acids is 1. The molecule has 1 N–H and O–H groups in total. The number of thiazole rings is 1. The second kappa shape index (κ2) is 8.05. The van der Waals surface area contributed by atoms with Crippen molar-refractivity contribution in [1.82, 2.24) is 4.98 Å². The number of aromatic nitrogens is 1. The van der Waals surface area contributed by atoms with Gasteiger partial charge in [-0.1, -0.05) is 31.2 Å². The van der Waals surface area contributed by atoms with Gasteiger partial charge in [-0.3, -0.25) is 10.1 Å². The smallest absolute Gasteiger partial charge is 0.387 e. The van der Waals surface area contributed by atoms with Gasteiger partial charge in [0.2, 0.25) is 0 Å². The molecular formula is C19H16F2N2O2S. The van der Waals surface area contributed by atoms with Crippen molar-refractivity contribution in [3.8, 4) is 17.0 Å². The number of ether oxygens (including phenoxy) is 1. The van der Waals surface area contributed by atoms with E-state index in [1.54, 1.807) is 35.7 Å². The monoisotopic (exact) mass is 374 g/mol. The number of alkyl halides is 2. The van der Waals surface area contributed by atoms with Gasteiger partial charge in [0.25, 0.3) is 5.91 Å². The first kappa shape index (κ1) is 18.0. The Bertz CT molecular complexity index is 895. The Balaban J connectivity index is 1.77. The number of rotatable bonds is 6. The number of aryl methyl sites for hydroxylation is 1. The summed E-state index contributed by atoms with van der Waals surface area (Å²) in [5.41, 5.74) is 2.58. The van der Waals surface area contributed by atoms with Gasteiger partial charge in [0.05, 0.1) is 5.69 Å². The molecule has 0 spiro atoms. The van der Waals surface area contributed by atoms with Gasteiger partial charge in [-0.2, -0.15) is 8.78 Å². The maximum atomic E-state index is 12.5. The molecule has 0 bridgehead atoms. The molecule has 3 rings (SSSR count). The Morgan fingerprint density at radius 3 is 2.62 bits per heavy atom. The van der Waals surface area contributed by atoms with Gasteiger partial charge in [-0.05, 0) is 36.2 Å². The lowest BCUT2D eigenvalue weighted by atomic mass is 10.1. The molecule has 0 saturated carbocycles. The third-order valence-corrected chi connectivity index (χ3v) is 4.49. The van der Waals surface area contributed by atoms with Crippen LogP contribution in [0.3, 0.4) is 0 Å². The van der Waals surface area contributed by atoms with Crippen LogP contribution in [0.25, 0.3) is 11.3 Å². The SMILES string of the molecule is CCc1ccc(C(=O)Nc2nc(-c3ccccc3OC(F)F)cs2)cc1. The molecule has 0 aliphatic rings. The van der Waals surface area contributed by atoms with Crippen LogP contribution in [0, 0.1) is 0 Å². The maximum absolute atomic E-state index is 12.5. The zero-order chi connectivity index (χ0) is 18.5. The minimum atomic E-state index is -2.92. The molecule has 0 atom stereocenters. The zero-order valence-electron chi connectivity index (χ0n) is 13.9. The number of nitrogens with one attached hydrogen (secondary N) is 1. The summed E-state index contributed by atoms with van der Waals surface area (Å²) < 4.78 is 29.6. The van der Waals surface area contributed by atoms with Gasteiger partial charge in [-0.15, -0.1) is 11.3 Å². The van der Waals surface area contributed by atoms with E-state index >= 15 is 0 Å². The molecule has 0 aliphatic carbocycles. The van der Waals surface area contributed by atoms with Gasteiger partial charge in [-0.25, -0.2) is 4.98 Å². The molecule has 0 fully saturated rings. The van der Waals surface area contributed by atoms with E-state index in [2.05, 4.69) is 15.0 Å². The molecule has 0 saturated heterocycles. The predicted octanol–water partition coefficient (Wildman–Crippen LogP) is 5.23. The fraction of sp³-hybridized carbons (Fsp3) is 0.158. The van der Waals surface area contributed by atoms with Crippen LogP contribution in [-0.2, 0) is 6.42 Å². The van der Waals surface area contributed by atoms with Crippen molar-refractivity contribution in [1.29, 1.82) is 0 Å². The lowest BCUT2D eigenvalue weighted by Crippen LogP contribution is -2.11. The van der Waals surface area contributed by atoms with Gasteiger partial charge >= 0.3 is 6.61 Å². The second-order valence-electron chi connectivity index (χ2n) is 5.42. The number of hydrogen-bond acceptors (Lipinski definition) is 4. The van der Waals surface area contributed by atoms with E-state index in [0.717, 1.165) is 12.0 Å². The van der Waals surface area contributed by atoms with Gasteiger partial charge < -0.3 is 4.74 Å². The van der Waals surface area contributed by atoms with Crippen molar-refractivity contribution >= 4 is 22.4 Å². The average molecular weight is 374 g/mol. The number of anilines is 1. The van der Waals surface area contributed by atoms with Crippen molar-refractivity contribution in [2.45, 2.75) is 20.0 Å². The summed E-state index contributed by atoms with van der Waals surface area (Å²) in [5, 5.41) is 4.80. The third-order valence-electron chi connectivity index (χ3n) is 3.73. The van der Waals surface area contributed by atoms with Gasteiger partial charge in [0, 0.05) is 16.5 Å². The van der Waals surface area contributed by atoms with E-state index < -0.39 is 6.61 Å². The van der Waals surface area contributed by atoms with Crippen molar-refractivity contribution in [2.75, 3.05) is 5.32 Å². The Morgan fingerprint density at radius 1 is 1.19 bits per heavy atom. The molecule has 134 valence electrons. The molecule has 1 aromatic heterocycles. The highest BCUT2D eigenvalue weighted by Crippen LogP contribution is 2.33. The van der Waals surface area contributed by atoms with E-state index in [4.69, 9.17) is 0 Å². The molecule has 0 radical (unpaired) electrons. The first-order valence-electron chi connectivity index (χ1n) is 7.97. The lowest BCUT2D eigenvalue weighted by Gasteiger charge is -2.08. The lowest BCUT2D eigenvalue weighted by molar-refractivity contribution is -0.0494. The minimum Gasteiger partial charge on any atom is -0.434 e. The number of nitrogens with zero attached hydrogens (tertiary/aromatic N) is 1. The highest BCUT2D eigenvalue weighted by Gasteiger charge is 2.14. The molecule has 1 heterocycles. The third kappa shape index (κ3) is 4.23. The van der Waals surface area contributed by atoms with Crippen molar-refractivity contribution in [2.24, 2.45) is 0 Å². The first-order valence-corrected chi connectivity index (χ1v) is 8.85. The quantitative estimate of drug-likeness (QED) is 0.643. The predicted molar refractivity (Wildman–Crippen MR) is 98.0 cm³/mol. The highest BCUT2D eigenvalue weighted by atomic mass is 32.1. The van der Waals surface area contributed by atoms with E-state index in [1.807, 2.05) is 19.1 Å². The summed E-state index contributed by atoms with van der Waals surface area (Å²) in [4.78, 5) is 16.6. The topological polar surface area (TPSA) is 51.2 Å². The van der Waals surface area contributed by atoms with Crippen LogP contribution >= 0.6 is 11.3 Å². The molecule has 2 aromatic carbocycles. The molecule has 4 nitrogen and oxygen atoms in total. The van der Waals surface area contributed by atoms with Crippen LogP contribution in [0.2, 0.25) is 0 Å². The fourth-order valence-corrected chi connectivity index (χ4v) is 3.10. The summed E-state index contributed by atoms with van der Waals surface area (Å²) in [5.74, 6) is -0.230. The van der Waals surface area contributed by atoms with Crippen LogP contribution in [0.4, 0.5) is 13.9 Å². The molecular weight excluding hydrogens is 358 g/mol. The Morgan fingerprint density at radius 2 is 1.92 bits per heavy atom. The fourth-order valence-electron chi connectivity index (χ4n) is 2.39. The van der Waals surface area contributed by atoms with Gasteiger partial charge in [0.1, 0.15) is 5.75 Å². The van der Waals surface area contributed by atoms with Crippen molar-refractivity contribution < 1.29 is 18.3 Å². The number of para-hydroxylation sites is 1. The summed E-state index contributed by atoms with van der Waals surface area (Å²) in [6.07, 6.45) is 0.901. The second-order valence-corrected chi connectivity index (χ2v) is 6.28. The van der Waals surface area contributed by atoms with Crippen LogP contribution in [0.15, 0.2) is 53.9 Å². The van der Waals surface area contributed by atoms with E-state index in [1.165, 1.54) is 17.4 Å². The first-order chi connectivity index (χ1) is 12.6. The van der Waals surface area contributed by atoms with Crippen LogP contribution in [0.5, 0.6) is 5.75 Å². The number of amides is 1. The molecule has 3 aromatic rings. The highest BCUT2D eigenvalue weighted by molar-refractivity contribution is 7.14. The Labute approximate surface area is 153 Å². The average Bonchev–Trinajstić information content (AvgIpc) is 3.10. The number of hydrogen-bond donors (Lipinski definition) is 1. The van der Waals surface area contributed by atoms with Gasteiger partial charge in [0.15, 0.2) is 5.13 Å². The van der Waals surface area contributed by atoms with E-state index in [0.29, 0.717) is 22.0 Å². The van der Waals surface area contributed by atoms with E-state index in [-0.39, 0.29) is 11.7 Å². The standard InChI is InChI=1S/C19H16F2N2O2S/c1-2-12-7-9-13(10-8-12)17(24)23-19-22-15(11-26-19)14-5-3-4-6-16(14)25-18(20)21/h3-11,18H,2H2,1H3,(H,22,23,24). The number of carbonyl (C=O) groups is 1. The van der Waals surface area contributed by atoms with Crippen LogP contribution < -0.4 is 10.1 Å². The molecule has 26 heavy (non-hydrogen) atoms. The zero-order valence-corrected chi connectivity index (χ0v) is 14.7. The largest absolute Gasteiger partial charge is 0.434 e. The molecule has 0 unspecified atom stereocenters. The van der Waals surface area contributed by atoms with Crippen LogP contribution in [0.1, 0.15) is 22.8 Å². The summed E-state index contributed by atoms with van der Waals surface area (Å²) in [6.45, 7) is -0.873. The van der Waals surface area contributed by atoms with Crippen molar-refractivity contribution in [3.63, 3.8) is 0 Å². The Kier molecular flexibility index (Phi) is 5.58. The summed E-state index contributed by atoms with van der Waals surface area (Å²) >= 11 is 1.22. The normalized spacial score (nSPS) is 10.8. The number of halogens is 2. The van der Waals surface area contributed by atoms with Crippen molar-refractivity contribution in [3.05, 3.63) is 65.0 Å². The molecule has 1 amide bonds. The molecule has 0 aliphatic heterocycles. The van der Waals surface area contributed by atoms with E-state index in [9.17, 15) is 13.6 Å². The Hall–Kier alpha value is -2.80. The summed E-state index contributed by atoms with van der Waals surface area (Å²) in [6, 6.07) is 13.7.